The van der Waals surface area contributed by atoms with E-state index in [-0.39, 0.29) is 0 Å². The summed E-state index contributed by atoms with van der Waals surface area (Å²) in [4.78, 5) is 0.328. The van der Waals surface area contributed by atoms with E-state index in [0.717, 1.165) is 24.3 Å². The van der Waals surface area contributed by atoms with Gasteiger partial charge in [0.1, 0.15) is 0 Å². The van der Waals surface area contributed by atoms with E-state index in [1.165, 1.54) is 12.8 Å². The van der Waals surface area contributed by atoms with Crippen LogP contribution in [0, 0.1) is 11.8 Å². The molecule has 0 spiro atoms. The lowest BCUT2D eigenvalue weighted by molar-refractivity contribution is 0.290. The van der Waals surface area contributed by atoms with Crippen molar-refractivity contribution in [2.75, 3.05) is 12.3 Å². The largest absolute Gasteiger partial charge is 0.399 e. The Balaban J connectivity index is 2.06. The Labute approximate surface area is 128 Å². The Morgan fingerprint density at radius 3 is 2.52 bits per heavy atom. The van der Waals surface area contributed by atoms with Crippen LogP contribution in [-0.4, -0.2) is 15.0 Å². The van der Waals surface area contributed by atoms with Crippen LogP contribution in [0.3, 0.4) is 0 Å². The summed E-state index contributed by atoms with van der Waals surface area (Å²) in [6, 6.07) is 5.11. The molecule has 0 aliphatic heterocycles. The van der Waals surface area contributed by atoms with E-state index in [4.69, 9.17) is 5.73 Å². The molecule has 1 aromatic rings. The minimum atomic E-state index is -3.47. The molecule has 1 aromatic carbocycles. The number of nitrogens with two attached hydrogens (primary N) is 1. The van der Waals surface area contributed by atoms with Crippen molar-refractivity contribution in [3.05, 3.63) is 23.8 Å². The monoisotopic (exact) mass is 310 g/mol. The van der Waals surface area contributed by atoms with E-state index >= 15 is 0 Å². The van der Waals surface area contributed by atoms with Gasteiger partial charge in [0.15, 0.2) is 0 Å². The topological polar surface area (TPSA) is 72.2 Å². The average molecular weight is 310 g/mol. The fourth-order valence-electron chi connectivity index (χ4n) is 2.95. The Kier molecular flexibility index (Phi) is 5.27. The van der Waals surface area contributed by atoms with Gasteiger partial charge in [0, 0.05) is 12.2 Å². The first-order valence-corrected chi connectivity index (χ1v) is 9.28. The molecule has 0 bridgehead atoms. The molecule has 0 saturated heterocycles. The molecule has 1 aliphatic rings. The van der Waals surface area contributed by atoms with Gasteiger partial charge in [-0.15, -0.1) is 0 Å². The molecule has 21 heavy (non-hydrogen) atoms. The maximum Gasteiger partial charge on any atom is 0.240 e. The molecular formula is C16H26N2O2S. The molecular weight excluding hydrogens is 284 g/mol. The lowest BCUT2D eigenvalue weighted by atomic mass is 9.83. The summed E-state index contributed by atoms with van der Waals surface area (Å²) in [6.07, 6.45) is 5.30. The van der Waals surface area contributed by atoms with E-state index in [0.29, 0.717) is 29.5 Å². The number of hydrogen-bond acceptors (Lipinski definition) is 3. The number of nitrogens with one attached hydrogen (secondary N) is 1. The molecule has 1 saturated carbocycles. The molecule has 0 heterocycles. The van der Waals surface area contributed by atoms with Crippen molar-refractivity contribution in [2.45, 2.75) is 50.8 Å². The Bertz CT molecular complexity index is 576. The molecule has 1 fully saturated rings. The van der Waals surface area contributed by atoms with E-state index in [2.05, 4.69) is 11.6 Å². The van der Waals surface area contributed by atoms with E-state index in [9.17, 15) is 8.42 Å². The van der Waals surface area contributed by atoms with Crippen LogP contribution in [-0.2, 0) is 16.4 Å². The first kappa shape index (κ1) is 16.3. The highest BCUT2D eigenvalue weighted by Crippen LogP contribution is 2.28. The van der Waals surface area contributed by atoms with Gasteiger partial charge in [0.25, 0.3) is 0 Å². The second-order valence-corrected chi connectivity index (χ2v) is 7.93. The van der Waals surface area contributed by atoms with Crippen LogP contribution < -0.4 is 10.5 Å². The normalized spacial score (nSPS) is 23.1. The highest BCUT2D eigenvalue weighted by molar-refractivity contribution is 7.89. The summed E-state index contributed by atoms with van der Waals surface area (Å²) in [5, 5.41) is 0. The third-order valence-electron chi connectivity index (χ3n) is 4.46. The van der Waals surface area contributed by atoms with E-state index in [1.54, 1.807) is 18.2 Å². The molecule has 3 N–H and O–H groups in total. The third-order valence-corrected chi connectivity index (χ3v) is 5.96. The Morgan fingerprint density at radius 1 is 1.24 bits per heavy atom. The van der Waals surface area contributed by atoms with Gasteiger partial charge in [-0.2, -0.15) is 0 Å². The molecule has 0 aromatic heterocycles. The van der Waals surface area contributed by atoms with Crippen molar-refractivity contribution in [2.24, 2.45) is 11.8 Å². The number of sulfonamides is 1. The summed E-state index contributed by atoms with van der Waals surface area (Å²) < 4.78 is 27.8. The predicted molar refractivity (Wildman–Crippen MR) is 86.5 cm³/mol. The fraction of sp³-hybridized carbons (Fsp3) is 0.625. The van der Waals surface area contributed by atoms with Crippen LogP contribution in [0.5, 0.6) is 0 Å². The van der Waals surface area contributed by atoms with Crippen molar-refractivity contribution in [3.8, 4) is 0 Å². The lowest BCUT2D eigenvalue weighted by Crippen LogP contribution is -2.31. The summed E-state index contributed by atoms with van der Waals surface area (Å²) in [7, 11) is -3.47. The summed E-state index contributed by atoms with van der Waals surface area (Å²) in [6.45, 7) is 4.75. The molecule has 0 radical (unpaired) electrons. The number of hydrogen-bond donors (Lipinski definition) is 2. The smallest absolute Gasteiger partial charge is 0.240 e. The van der Waals surface area contributed by atoms with Crippen LogP contribution in [0.4, 0.5) is 5.69 Å². The second-order valence-electron chi connectivity index (χ2n) is 6.20. The fourth-order valence-corrected chi connectivity index (χ4v) is 4.41. The summed E-state index contributed by atoms with van der Waals surface area (Å²) in [5.74, 6) is 1.24. The number of benzene rings is 1. The van der Waals surface area contributed by atoms with Gasteiger partial charge in [-0.3, -0.25) is 0 Å². The Morgan fingerprint density at radius 2 is 1.90 bits per heavy atom. The van der Waals surface area contributed by atoms with Gasteiger partial charge >= 0.3 is 0 Å². The van der Waals surface area contributed by atoms with Crippen molar-refractivity contribution < 1.29 is 8.42 Å². The number of rotatable bonds is 5. The zero-order chi connectivity index (χ0) is 15.5. The molecule has 1 aliphatic carbocycles. The van der Waals surface area contributed by atoms with E-state index in [1.807, 2.05) is 6.92 Å². The minimum absolute atomic E-state index is 0.328. The van der Waals surface area contributed by atoms with Crippen LogP contribution >= 0.6 is 0 Å². The van der Waals surface area contributed by atoms with Gasteiger partial charge in [-0.25, -0.2) is 13.1 Å². The molecule has 2 rings (SSSR count). The molecule has 0 atom stereocenters. The standard InChI is InChI=1S/C16H26N2O2S/c1-3-14-8-9-15(17)10-16(14)21(19,20)18-11-13-6-4-12(2)5-7-13/h8-10,12-13,18H,3-7,11,17H2,1-2H3. The van der Waals surface area contributed by atoms with Crippen LogP contribution in [0.1, 0.15) is 45.1 Å². The molecule has 4 nitrogen and oxygen atoms in total. The van der Waals surface area contributed by atoms with Gasteiger partial charge in [-0.05, 0) is 48.8 Å². The van der Waals surface area contributed by atoms with Crippen LogP contribution in [0.2, 0.25) is 0 Å². The van der Waals surface area contributed by atoms with Gasteiger partial charge < -0.3 is 5.73 Å². The van der Waals surface area contributed by atoms with Crippen LogP contribution in [0.25, 0.3) is 0 Å². The number of nitrogen functional groups attached to an aromatic ring is 1. The minimum Gasteiger partial charge on any atom is -0.399 e. The van der Waals surface area contributed by atoms with Crippen molar-refractivity contribution in [1.29, 1.82) is 0 Å². The highest BCUT2D eigenvalue weighted by atomic mass is 32.2. The Hall–Kier alpha value is -1.07. The summed E-state index contributed by atoms with van der Waals surface area (Å²) in [5.41, 5.74) is 7.04. The molecule has 0 amide bonds. The third kappa shape index (κ3) is 4.20. The zero-order valence-corrected chi connectivity index (χ0v) is 13.7. The van der Waals surface area contributed by atoms with Gasteiger partial charge in [0.05, 0.1) is 4.90 Å². The van der Waals surface area contributed by atoms with Gasteiger partial charge in [0.2, 0.25) is 10.0 Å². The number of aryl methyl sites for hydroxylation is 1. The van der Waals surface area contributed by atoms with Crippen LogP contribution in [0.15, 0.2) is 23.1 Å². The van der Waals surface area contributed by atoms with Gasteiger partial charge in [-0.1, -0.05) is 32.8 Å². The molecule has 118 valence electrons. The van der Waals surface area contributed by atoms with Crippen molar-refractivity contribution in [1.82, 2.24) is 4.72 Å². The molecule has 5 heteroatoms. The highest BCUT2D eigenvalue weighted by Gasteiger charge is 2.22. The second kappa shape index (κ2) is 6.79. The van der Waals surface area contributed by atoms with Crippen molar-refractivity contribution >= 4 is 15.7 Å². The SMILES string of the molecule is CCc1ccc(N)cc1S(=O)(=O)NCC1CCC(C)CC1. The van der Waals surface area contributed by atoms with Crippen molar-refractivity contribution in [3.63, 3.8) is 0 Å². The maximum absolute atomic E-state index is 12.5. The molecule has 0 unspecified atom stereocenters. The quantitative estimate of drug-likeness (QED) is 0.821. The summed E-state index contributed by atoms with van der Waals surface area (Å²) >= 11 is 0. The zero-order valence-electron chi connectivity index (χ0n) is 12.9. The van der Waals surface area contributed by atoms with E-state index < -0.39 is 10.0 Å². The number of anilines is 1. The lowest BCUT2D eigenvalue weighted by Gasteiger charge is -2.26. The maximum atomic E-state index is 12.5. The first-order chi connectivity index (χ1) is 9.92. The average Bonchev–Trinajstić information content (AvgIpc) is 2.47. The predicted octanol–water partition coefficient (Wildman–Crippen LogP) is 2.94. The first-order valence-electron chi connectivity index (χ1n) is 7.80.